The molecule has 7 heterocycles. The summed E-state index contributed by atoms with van der Waals surface area (Å²) in [5.74, 6) is 2.01. The van der Waals surface area contributed by atoms with E-state index in [4.69, 9.17) is 18.9 Å². The maximum absolute atomic E-state index is 13.2. The molecule has 0 saturated carbocycles. The first-order valence-corrected chi connectivity index (χ1v) is 18.0. The highest BCUT2D eigenvalue weighted by Crippen LogP contribution is 2.26. The summed E-state index contributed by atoms with van der Waals surface area (Å²) in [6.45, 7) is 8.73. The maximum atomic E-state index is 13.2. The van der Waals surface area contributed by atoms with Crippen LogP contribution in [0.3, 0.4) is 0 Å². The van der Waals surface area contributed by atoms with Crippen LogP contribution in [0.1, 0.15) is 0 Å². The van der Waals surface area contributed by atoms with Crippen molar-refractivity contribution in [3.63, 3.8) is 0 Å². The first-order chi connectivity index (χ1) is 25.5. The van der Waals surface area contributed by atoms with E-state index in [0.29, 0.717) is 155 Å². The fraction of sp³-hybridized carbons (Fsp3) is 0.588. The van der Waals surface area contributed by atoms with Gasteiger partial charge in [-0.3, -0.25) is 19.6 Å². The zero-order chi connectivity index (χ0) is 35.9. The van der Waals surface area contributed by atoms with Crippen LogP contribution in [0.5, 0.6) is 0 Å². The summed E-state index contributed by atoms with van der Waals surface area (Å²) in [4.78, 5) is 75.5. The molecule has 280 valence electrons. The maximum Gasteiger partial charge on any atom is 0.325 e. The van der Waals surface area contributed by atoms with Gasteiger partial charge in [-0.1, -0.05) is 12.1 Å². The highest BCUT2D eigenvalue weighted by atomic mass is 16.5. The van der Waals surface area contributed by atoms with E-state index in [1.54, 1.807) is 63.5 Å². The Hall–Kier alpha value is -4.78. The largest absolute Gasteiger partial charge is 0.377 e. The lowest BCUT2D eigenvalue weighted by Gasteiger charge is -2.21. The predicted octanol–water partition coefficient (Wildman–Crippen LogP) is 1.22. The van der Waals surface area contributed by atoms with Crippen molar-refractivity contribution in [2.45, 2.75) is 0 Å². The van der Waals surface area contributed by atoms with Gasteiger partial charge in [0.2, 0.25) is 0 Å². The molecular weight excluding hydrogens is 676 g/mol. The van der Waals surface area contributed by atoms with E-state index in [1.807, 2.05) is 12.1 Å². The van der Waals surface area contributed by atoms with E-state index in [2.05, 4.69) is 9.97 Å². The minimum Gasteiger partial charge on any atom is -0.377 e. The molecule has 0 spiro atoms. The number of anilines is 4. The van der Waals surface area contributed by atoms with Gasteiger partial charge in [0.1, 0.15) is 23.3 Å². The molecule has 0 radical (unpaired) electrons. The molecule has 12 bridgehead atoms. The zero-order valence-corrected chi connectivity index (χ0v) is 29.3. The Kier molecular flexibility index (Phi) is 11.4. The van der Waals surface area contributed by atoms with Crippen molar-refractivity contribution in [1.29, 1.82) is 0 Å². The minimum absolute atomic E-state index is 0.153. The molecule has 0 N–H and O–H groups in total. The fourth-order valence-electron chi connectivity index (χ4n) is 6.78. The molecule has 18 nitrogen and oxygen atoms in total. The van der Waals surface area contributed by atoms with E-state index in [-0.39, 0.29) is 24.1 Å². The van der Waals surface area contributed by atoms with Crippen LogP contribution in [-0.2, 0) is 18.9 Å². The van der Waals surface area contributed by atoms with Crippen LogP contribution in [0.4, 0.5) is 42.4 Å². The lowest BCUT2D eigenvalue weighted by molar-refractivity contribution is 0.0389. The van der Waals surface area contributed by atoms with E-state index < -0.39 is 0 Å². The van der Waals surface area contributed by atoms with Crippen molar-refractivity contribution >= 4 is 47.4 Å². The molecule has 5 aliphatic heterocycles. The van der Waals surface area contributed by atoms with E-state index in [9.17, 15) is 19.2 Å². The molecule has 7 rings (SSSR count). The van der Waals surface area contributed by atoms with Gasteiger partial charge in [-0.15, -0.1) is 0 Å². The van der Waals surface area contributed by atoms with Gasteiger partial charge in [-0.05, 0) is 24.3 Å². The van der Waals surface area contributed by atoms with Crippen molar-refractivity contribution in [3.8, 4) is 0 Å². The van der Waals surface area contributed by atoms with Crippen molar-refractivity contribution in [3.05, 3.63) is 36.4 Å². The van der Waals surface area contributed by atoms with Gasteiger partial charge in [0, 0.05) is 78.5 Å². The van der Waals surface area contributed by atoms with E-state index in [0.717, 1.165) is 0 Å². The predicted molar refractivity (Wildman–Crippen MR) is 189 cm³/mol. The van der Waals surface area contributed by atoms with Crippen LogP contribution in [0.15, 0.2) is 36.4 Å². The normalized spacial score (nSPS) is 22.2. The van der Waals surface area contributed by atoms with Gasteiger partial charge >= 0.3 is 24.1 Å². The molecule has 0 unspecified atom stereocenters. The fourth-order valence-corrected chi connectivity index (χ4v) is 6.78. The highest BCUT2D eigenvalue weighted by molar-refractivity contribution is 5.96. The molecule has 0 aromatic carbocycles. The molecule has 18 heteroatoms. The number of aromatic nitrogens is 2. The number of carbonyl (C=O) groups is 4. The van der Waals surface area contributed by atoms with Crippen LogP contribution < -0.4 is 19.6 Å². The van der Waals surface area contributed by atoms with Gasteiger partial charge in [0.25, 0.3) is 0 Å². The SMILES string of the molecule is O=C1N2CCOCCOCCN3CCN(C3=O)c3cccc(n3)N3CCN(CCOCCOCCN4CCN(C4=O)c4cccc(n4)N1CC2)C3=O. The molecule has 52 heavy (non-hydrogen) atoms. The highest BCUT2D eigenvalue weighted by Gasteiger charge is 2.35. The quantitative estimate of drug-likeness (QED) is 0.388. The third kappa shape index (κ3) is 7.99. The third-order valence-electron chi connectivity index (χ3n) is 9.69. The molecule has 2 aromatic heterocycles. The molecule has 2 aromatic rings. The number of urea groups is 4. The minimum atomic E-state index is -0.153. The van der Waals surface area contributed by atoms with Gasteiger partial charge in [-0.2, -0.15) is 0 Å². The molecule has 0 atom stereocenters. The number of nitrogens with zero attached hydrogens (tertiary/aromatic N) is 10. The smallest absolute Gasteiger partial charge is 0.325 e. The summed E-state index contributed by atoms with van der Waals surface area (Å²) < 4.78 is 22.9. The topological polar surface area (TPSA) is 157 Å². The number of pyridine rings is 2. The van der Waals surface area contributed by atoms with Crippen molar-refractivity contribution < 1.29 is 38.1 Å². The average molecular weight is 723 g/mol. The second kappa shape index (κ2) is 16.7. The Morgan fingerprint density at radius 3 is 0.846 bits per heavy atom. The Morgan fingerprint density at radius 1 is 0.346 bits per heavy atom. The summed E-state index contributed by atoms with van der Waals surface area (Å²) in [7, 11) is 0. The number of rotatable bonds is 0. The van der Waals surface area contributed by atoms with Gasteiger partial charge in [-0.25, -0.2) is 29.1 Å². The van der Waals surface area contributed by atoms with E-state index >= 15 is 0 Å². The third-order valence-corrected chi connectivity index (χ3v) is 9.69. The second-order valence-corrected chi connectivity index (χ2v) is 12.8. The Balaban J connectivity index is 0.951. The van der Waals surface area contributed by atoms with Crippen molar-refractivity contribution in [1.82, 2.24) is 29.6 Å². The van der Waals surface area contributed by atoms with Crippen LogP contribution in [0.2, 0.25) is 0 Å². The first-order valence-electron chi connectivity index (χ1n) is 18.0. The van der Waals surface area contributed by atoms with Crippen molar-refractivity contribution in [2.24, 2.45) is 0 Å². The summed E-state index contributed by atoms with van der Waals surface area (Å²) in [6.07, 6.45) is 0. The number of fused-ring (bicyclic) bond motifs is 16. The molecule has 8 amide bonds. The standard InChI is InChI=1S/C34H46N10O8/c45-31-37-7-11-41(31)27-3-1-4-28(35-27)42-12-8-38(32(42)46)16-20-50-24-26-52-22-18-40-10-14-44(34(40)48)30-6-2-5-29(36-30)43-13-9-39(33(43)47)17-21-51-25-23-49-19-15-37/h1-6H,7-26H2. The summed E-state index contributed by atoms with van der Waals surface area (Å²) in [5.41, 5.74) is 0. The monoisotopic (exact) mass is 722 g/mol. The lowest BCUT2D eigenvalue weighted by atomic mass is 10.4. The lowest BCUT2D eigenvalue weighted by Crippen LogP contribution is -2.36. The molecule has 0 aliphatic carbocycles. The first kappa shape index (κ1) is 35.6. The molecular formula is C34H46N10O8. The number of carbonyl (C=O) groups excluding carboxylic acids is 4. The van der Waals surface area contributed by atoms with Gasteiger partial charge < -0.3 is 38.5 Å². The van der Waals surface area contributed by atoms with Crippen LogP contribution in [0, 0.1) is 0 Å². The van der Waals surface area contributed by atoms with Crippen LogP contribution in [-0.4, -0.2) is 185 Å². The Morgan fingerprint density at radius 2 is 0.596 bits per heavy atom. The summed E-state index contributed by atoms with van der Waals surface area (Å²) in [6, 6.07) is 10.1. The van der Waals surface area contributed by atoms with Gasteiger partial charge in [0.05, 0.1) is 52.9 Å². The Bertz CT molecular complexity index is 1380. The number of amides is 8. The van der Waals surface area contributed by atoms with Crippen LogP contribution in [0.25, 0.3) is 0 Å². The zero-order valence-electron chi connectivity index (χ0n) is 29.3. The second-order valence-electron chi connectivity index (χ2n) is 12.8. The van der Waals surface area contributed by atoms with Gasteiger partial charge in [0.15, 0.2) is 0 Å². The molecule has 4 saturated heterocycles. The van der Waals surface area contributed by atoms with Crippen LogP contribution >= 0.6 is 0 Å². The summed E-state index contributed by atoms with van der Waals surface area (Å²) >= 11 is 0. The number of ether oxygens (including phenoxy) is 4. The number of hydrogen-bond acceptors (Lipinski definition) is 10. The number of hydrogen-bond donors (Lipinski definition) is 0. The molecule has 5 aliphatic rings. The van der Waals surface area contributed by atoms with E-state index in [1.165, 1.54) is 0 Å². The Labute approximate surface area is 302 Å². The molecule has 4 fully saturated rings. The average Bonchev–Trinajstić information content (AvgIpc) is 3.92. The summed E-state index contributed by atoms with van der Waals surface area (Å²) in [5, 5.41) is 0. The van der Waals surface area contributed by atoms with Crippen molar-refractivity contribution in [2.75, 3.05) is 151 Å².